The molecule has 3 aromatic rings. The van der Waals surface area contributed by atoms with Crippen LogP contribution in [0.2, 0.25) is 0 Å². The van der Waals surface area contributed by atoms with Gasteiger partial charge in [-0.2, -0.15) is 0 Å². The summed E-state index contributed by atoms with van der Waals surface area (Å²) in [6.45, 7) is 1.09. The normalized spacial score (nSPS) is 23.5. The van der Waals surface area contributed by atoms with Crippen LogP contribution in [0.5, 0.6) is 0 Å². The molecule has 2 fully saturated rings. The summed E-state index contributed by atoms with van der Waals surface area (Å²) < 4.78 is 0. The van der Waals surface area contributed by atoms with Gasteiger partial charge in [0.1, 0.15) is 36.4 Å². The van der Waals surface area contributed by atoms with Crippen molar-refractivity contribution in [1.82, 2.24) is 47.1 Å². The first-order valence-corrected chi connectivity index (χ1v) is 25.0. The minimum Gasteiger partial charge on any atom is -0.391 e. The van der Waals surface area contributed by atoms with E-state index in [4.69, 9.17) is 28.7 Å². The van der Waals surface area contributed by atoms with E-state index in [2.05, 4.69) is 52.2 Å². The number of aromatic nitrogens is 1. The minimum atomic E-state index is -1.65. The number of para-hydroxylation sites is 1. The molecular formula is C49H72N16O10. The third-order valence-corrected chi connectivity index (χ3v) is 12.8. The molecule has 3 heterocycles. The van der Waals surface area contributed by atoms with E-state index in [0.29, 0.717) is 11.1 Å². The summed E-state index contributed by atoms with van der Waals surface area (Å²) in [5.74, 6) is -6.53. The molecule has 2 aliphatic heterocycles. The lowest BCUT2D eigenvalue weighted by molar-refractivity contribution is -0.143. The van der Waals surface area contributed by atoms with E-state index in [0.717, 1.165) is 15.8 Å². The molecule has 0 saturated carbocycles. The van der Waals surface area contributed by atoms with E-state index in [-0.39, 0.29) is 102 Å². The molecule has 2 aromatic carbocycles. The number of aliphatic hydroxyl groups excluding tert-OH is 2. The third kappa shape index (κ3) is 18.3. The quantitative estimate of drug-likeness (QED) is 0.0265. The smallest absolute Gasteiger partial charge is 0.243 e. The molecule has 9 atom stereocenters. The standard InChI is InChI=1S/C49H72N16O10/c1-27(66)59-34(16-9-19-56-48(51)52)42(70)64-38-24-40(68)55-18-8-7-15-33(41(50)69)60-45(73)37(22-29-25-58-32-14-6-5-13-31(29)32)62-43(71)35(17-10-20-57-49(53)54)61-44(72)36(21-28-11-3-2-4-12-28)63-46(74)39-23-30(67)26-65(39)47(38)75/h2-6,11-14,25,30,33-39,42,58,64,67,70H,7-10,15-24,26H2,1H3,(H2,50,69)(H,55,68)(H,59,66)(H,60,73)(H,61,72)(H,62,71)(H,63,74)(H4,51,52,56)(H4,53,54,57)/t30-,33+,34+,35+,36-,37+,38+,39+,42?/m1/s1. The van der Waals surface area contributed by atoms with Crippen LogP contribution in [0.15, 0.2) is 70.8 Å². The topological polar surface area (TPSA) is 435 Å². The lowest BCUT2D eigenvalue weighted by Crippen LogP contribution is -2.61. The van der Waals surface area contributed by atoms with Gasteiger partial charge in [0.05, 0.1) is 24.6 Å². The summed E-state index contributed by atoms with van der Waals surface area (Å²) in [7, 11) is 0. The number of nitrogens with zero attached hydrogens (tertiary/aromatic N) is 3. The van der Waals surface area contributed by atoms with Crippen molar-refractivity contribution in [3.05, 3.63) is 71.9 Å². The van der Waals surface area contributed by atoms with Gasteiger partial charge in [-0.3, -0.25) is 53.7 Å². The Morgan fingerprint density at radius 1 is 0.787 bits per heavy atom. The number of aliphatic hydroxyl groups is 2. The van der Waals surface area contributed by atoms with E-state index < -0.39 is 108 Å². The summed E-state index contributed by atoms with van der Waals surface area (Å²) >= 11 is 0. The van der Waals surface area contributed by atoms with Crippen LogP contribution in [0.4, 0.5) is 0 Å². The van der Waals surface area contributed by atoms with Crippen molar-refractivity contribution in [2.75, 3.05) is 26.2 Å². The van der Waals surface area contributed by atoms with Crippen LogP contribution in [-0.2, 0) is 51.2 Å². The molecule has 26 nitrogen and oxygen atoms in total. The largest absolute Gasteiger partial charge is 0.391 e. The van der Waals surface area contributed by atoms with Gasteiger partial charge in [0.25, 0.3) is 0 Å². The number of nitrogens with one attached hydrogen (secondary N) is 8. The minimum absolute atomic E-state index is 0.0270. The van der Waals surface area contributed by atoms with Crippen molar-refractivity contribution in [2.45, 2.75) is 132 Å². The SMILES string of the molecule is CC(=O)N[C@@H](CCCN=C(N)N)C(O)N[C@H]1CC(=O)NCCCC[C@@H](C(N)=O)NC(=O)[C@H](Cc2c[nH]c3ccccc23)NC(=O)[C@H](CCCN=C(N)N)NC(=O)[C@@H](Cc2ccccc2)NC(=O)[C@@H]2C[C@@H](O)CN2C1=O. The summed E-state index contributed by atoms with van der Waals surface area (Å²) in [4.78, 5) is 124. The number of nitrogens with two attached hydrogens (primary N) is 5. The number of hydrogen-bond acceptors (Lipinski definition) is 13. The average Bonchev–Trinajstić information content (AvgIpc) is 3.96. The van der Waals surface area contributed by atoms with Crippen LogP contribution in [0.3, 0.4) is 0 Å². The first kappa shape index (κ1) is 58.1. The Bertz CT molecular complexity index is 2520. The number of carbonyl (C=O) groups excluding carboxylic acids is 8. The van der Waals surface area contributed by atoms with E-state index in [1.807, 2.05) is 24.3 Å². The second kappa shape index (κ2) is 28.6. The average molecular weight is 1050 g/mol. The van der Waals surface area contributed by atoms with E-state index >= 15 is 0 Å². The van der Waals surface area contributed by atoms with Gasteiger partial charge in [0.15, 0.2) is 11.9 Å². The maximum atomic E-state index is 14.7. The number of amides is 8. The van der Waals surface area contributed by atoms with Crippen molar-refractivity contribution in [3.8, 4) is 0 Å². The zero-order valence-electron chi connectivity index (χ0n) is 42.0. The lowest BCUT2D eigenvalue weighted by atomic mass is 10.0. The second-order valence-electron chi connectivity index (χ2n) is 18.7. The van der Waals surface area contributed by atoms with E-state index in [1.165, 1.54) is 6.92 Å². The number of aliphatic imine (C=N–C) groups is 2. The first-order chi connectivity index (χ1) is 35.8. The summed E-state index contributed by atoms with van der Waals surface area (Å²) in [6.07, 6.45) is -1.20. The first-order valence-electron chi connectivity index (χ1n) is 25.0. The predicted octanol–water partition coefficient (Wildman–Crippen LogP) is -4.08. The molecule has 0 spiro atoms. The van der Waals surface area contributed by atoms with Crippen LogP contribution in [0.1, 0.15) is 75.8 Å². The monoisotopic (exact) mass is 1040 g/mol. The molecule has 2 aliphatic rings. The van der Waals surface area contributed by atoms with Gasteiger partial charge in [-0.15, -0.1) is 0 Å². The third-order valence-electron chi connectivity index (χ3n) is 12.8. The molecule has 20 N–H and O–H groups in total. The Hall–Kier alpha value is -7.84. The van der Waals surface area contributed by atoms with Crippen LogP contribution in [-0.4, -0.2) is 160 Å². The summed E-state index contributed by atoms with van der Waals surface area (Å²) in [5, 5.41) is 42.4. The van der Waals surface area contributed by atoms with Crippen LogP contribution >= 0.6 is 0 Å². The van der Waals surface area contributed by atoms with Gasteiger partial charge >= 0.3 is 0 Å². The Morgan fingerprint density at radius 3 is 2.11 bits per heavy atom. The Kier molecular flexibility index (Phi) is 22.1. The van der Waals surface area contributed by atoms with Crippen molar-refractivity contribution in [3.63, 3.8) is 0 Å². The Balaban J connectivity index is 1.53. The van der Waals surface area contributed by atoms with Crippen molar-refractivity contribution < 1.29 is 48.6 Å². The molecule has 26 heteroatoms. The molecule has 1 aromatic heterocycles. The van der Waals surface area contributed by atoms with Gasteiger partial charge in [0, 0.05) is 69.5 Å². The highest BCUT2D eigenvalue weighted by Gasteiger charge is 2.44. The number of H-pyrrole nitrogens is 1. The summed E-state index contributed by atoms with van der Waals surface area (Å²) in [5.41, 5.74) is 29.9. The van der Waals surface area contributed by atoms with Gasteiger partial charge in [-0.05, 0) is 62.1 Å². The van der Waals surface area contributed by atoms with Crippen LogP contribution < -0.4 is 65.9 Å². The number of guanidine groups is 2. The number of aromatic amines is 1. The molecule has 0 bridgehead atoms. The zero-order chi connectivity index (χ0) is 54.6. The highest BCUT2D eigenvalue weighted by atomic mass is 16.3. The molecular weight excluding hydrogens is 973 g/mol. The van der Waals surface area contributed by atoms with Gasteiger partial charge in [0.2, 0.25) is 47.3 Å². The number of benzene rings is 2. The second-order valence-corrected chi connectivity index (χ2v) is 18.7. The number of rotatable bonds is 17. The molecule has 75 heavy (non-hydrogen) atoms. The number of primary amides is 1. The fraction of sp³-hybridized carbons (Fsp3) is 0.510. The molecule has 0 radical (unpaired) electrons. The summed E-state index contributed by atoms with van der Waals surface area (Å²) in [6, 6.07) is 6.64. The number of hydrogen-bond donors (Lipinski definition) is 15. The number of carbonyl (C=O) groups is 8. The Morgan fingerprint density at radius 2 is 1.41 bits per heavy atom. The van der Waals surface area contributed by atoms with E-state index in [1.54, 1.807) is 36.5 Å². The molecule has 1 unspecified atom stereocenters. The maximum Gasteiger partial charge on any atom is 0.243 e. The van der Waals surface area contributed by atoms with Gasteiger partial charge < -0.3 is 80.7 Å². The van der Waals surface area contributed by atoms with Gasteiger partial charge in [-0.1, -0.05) is 48.5 Å². The van der Waals surface area contributed by atoms with E-state index in [9.17, 15) is 48.6 Å². The fourth-order valence-electron chi connectivity index (χ4n) is 9.03. The highest BCUT2D eigenvalue weighted by Crippen LogP contribution is 2.23. The number of fused-ring (bicyclic) bond motifs is 2. The molecule has 408 valence electrons. The highest BCUT2D eigenvalue weighted by molar-refractivity contribution is 5.98. The van der Waals surface area contributed by atoms with Crippen molar-refractivity contribution in [2.24, 2.45) is 38.7 Å². The lowest BCUT2D eigenvalue weighted by Gasteiger charge is -2.32. The Labute approximate surface area is 433 Å². The van der Waals surface area contributed by atoms with Crippen molar-refractivity contribution >= 4 is 70.1 Å². The molecule has 2 saturated heterocycles. The van der Waals surface area contributed by atoms with Crippen molar-refractivity contribution in [1.29, 1.82) is 0 Å². The van der Waals surface area contributed by atoms with Crippen LogP contribution in [0, 0.1) is 0 Å². The molecule has 5 rings (SSSR count). The molecule has 8 amide bonds. The van der Waals surface area contributed by atoms with Gasteiger partial charge in [-0.25, -0.2) is 0 Å². The molecule has 0 aliphatic carbocycles. The fourth-order valence-corrected chi connectivity index (χ4v) is 9.03. The predicted molar refractivity (Wildman–Crippen MR) is 277 cm³/mol. The zero-order valence-corrected chi connectivity index (χ0v) is 42.0. The maximum absolute atomic E-state index is 14.7. The van der Waals surface area contributed by atoms with Crippen LogP contribution in [0.25, 0.3) is 10.9 Å².